The summed E-state index contributed by atoms with van der Waals surface area (Å²) in [7, 11) is 0. The van der Waals surface area contributed by atoms with E-state index >= 15 is 0 Å². The lowest BCUT2D eigenvalue weighted by Gasteiger charge is -2.31. The maximum Gasteiger partial charge on any atom is 0.326 e. The SMILES string of the molecule is CC[C@H](C)[C@H](N)C(=O)N[C@H](C(=O)N[C@@H](CC(N)=O)C(=O)N[C@@H](CS)C(=O)N[C@@H](CC(C)C)C(=O)N[C@H](C(=O)N[C@H](C(=O)N[C@H](C(=O)N[C@@H](Cc1ccc(O)cc1)C(=O)N[C@@H](CC(=O)O)C(=O)N[C@@H](CCCNC(=N)N)C(=O)N[C@@H](CC(C)C)C(=O)N[C@@H](CCC(=O)O)C(=O)N[C@@H](CCC(N)=O)C(=O)N[C@@H](CCC(=O)O)C(=O)O)[C@@H](C)CC)[C@@H](C)O)[C@@H](C)O)[C@@H](C)CC. The highest BCUT2D eigenvalue weighted by atomic mass is 32.1. The molecule has 16 amide bonds. The first kappa shape index (κ1) is 113. The number of phenolic OH excluding ortho intramolecular Hbond substituents is 1. The molecule has 0 saturated carbocycles. The second kappa shape index (κ2) is 56.8. The third kappa shape index (κ3) is 42.2. The number of phenols is 1. The topological polar surface area (TPSA) is 791 Å². The van der Waals surface area contributed by atoms with Gasteiger partial charge in [-0.25, -0.2) is 4.79 Å². The van der Waals surface area contributed by atoms with Gasteiger partial charge in [0.1, 0.15) is 90.3 Å². The summed E-state index contributed by atoms with van der Waals surface area (Å²) >= 11 is 4.22. The highest BCUT2D eigenvalue weighted by molar-refractivity contribution is 7.80. The largest absolute Gasteiger partial charge is 0.508 e. The van der Waals surface area contributed by atoms with Crippen molar-refractivity contribution >= 4 is 137 Å². The van der Waals surface area contributed by atoms with Gasteiger partial charge in [0, 0.05) is 38.0 Å². The zero-order valence-electron chi connectivity index (χ0n) is 73.3. The number of thiol groups is 1. The number of carbonyl (C=O) groups is 20. The van der Waals surface area contributed by atoms with E-state index in [1.54, 1.807) is 55.4 Å². The van der Waals surface area contributed by atoms with Crippen molar-refractivity contribution in [2.75, 3.05) is 12.3 Å². The maximum absolute atomic E-state index is 14.8. The third-order valence-electron chi connectivity index (χ3n) is 20.3. The number of benzene rings is 1. The Hall–Kier alpha value is -12.1. The molecule has 0 fully saturated rings. The number of carboxylic acids is 4. The third-order valence-corrected chi connectivity index (χ3v) is 20.7. The number of carbonyl (C=O) groups excluding carboxylic acids is 16. The number of guanidine groups is 1. The van der Waals surface area contributed by atoms with Gasteiger partial charge in [0.25, 0.3) is 0 Å². The molecule has 0 bridgehead atoms. The van der Waals surface area contributed by atoms with Crippen molar-refractivity contribution in [1.82, 2.24) is 79.8 Å². The summed E-state index contributed by atoms with van der Waals surface area (Å²) < 4.78 is 0. The standard InChI is InChI=1S/C79H130N20O27S/c1-13-37(8)59(82)73(120)96-60(38(9)14-2)74(121)94-51(32-55(81)104)69(116)95-53(34-127)72(119)91-49(30-36(6)7)71(118)98-62(40(11)100)77(124)99-63(41(12)101)76(123)97-61(39(10)15-3)75(122)93-50(31-42-18-20-43(102)21-19-42)68(115)92-52(33-58(109)110)70(117)86-44(17-16-28-85-79(83)84)64(111)90-48(29-35(4)5)67(114)88-46(23-26-56(105)106)65(112)87-45(22-25-54(80)103)66(113)89-47(78(125)126)24-27-57(107)108/h18-21,35-41,44-53,59-63,100-102,127H,13-17,22-34,82H2,1-12H3,(H2,80,103)(H2,81,104)(H,86,117)(H,87,112)(H,88,114)(H,89,113)(H,90,111)(H,91,119)(H,92,115)(H,93,122)(H,94,121)(H,95,116)(H,96,120)(H,97,123)(H,98,118)(H,99,124)(H,105,106)(H,107,108)(H,109,110)(H,125,126)(H4,83,84,85)/t37-,38-,39-,40+,41+,44-,45-,46-,47-,48-,49-,50-,51-,52-,53-,59-,60-,61-,62-,63-/m0/s1. The summed E-state index contributed by atoms with van der Waals surface area (Å²) in [5.74, 6) is -28.5. The van der Waals surface area contributed by atoms with Crippen LogP contribution in [-0.4, -0.2) is 275 Å². The number of nitrogens with two attached hydrogens (primary N) is 4. The van der Waals surface area contributed by atoms with Crippen LogP contribution >= 0.6 is 12.6 Å². The summed E-state index contributed by atoms with van der Waals surface area (Å²) in [6.45, 7) is 18.4. The van der Waals surface area contributed by atoms with E-state index in [-0.39, 0.29) is 49.5 Å². The number of amides is 16. The van der Waals surface area contributed by atoms with Gasteiger partial charge in [-0.05, 0) is 106 Å². The molecule has 1 rings (SSSR count). The first-order valence-corrected chi connectivity index (χ1v) is 42.1. The van der Waals surface area contributed by atoms with E-state index in [9.17, 15) is 127 Å². The Labute approximate surface area is 739 Å². The van der Waals surface area contributed by atoms with Crippen molar-refractivity contribution in [3.05, 3.63) is 29.8 Å². The Bertz CT molecular complexity index is 3970. The number of rotatable bonds is 61. The zero-order valence-corrected chi connectivity index (χ0v) is 74.2. The van der Waals surface area contributed by atoms with Gasteiger partial charge in [0.2, 0.25) is 94.5 Å². The van der Waals surface area contributed by atoms with E-state index in [1.165, 1.54) is 31.2 Å². The minimum absolute atomic E-state index is 0.0739. The van der Waals surface area contributed by atoms with E-state index in [1.807, 2.05) is 6.92 Å². The van der Waals surface area contributed by atoms with Crippen LogP contribution in [0.1, 0.15) is 185 Å². The van der Waals surface area contributed by atoms with Gasteiger partial charge in [-0.1, -0.05) is 101 Å². The van der Waals surface area contributed by atoms with Crippen molar-refractivity contribution in [3.63, 3.8) is 0 Å². The Balaban J connectivity index is 3.83. The molecule has 31 N–H and O–H groups in total. The summed E-state index contributed by atoms with van der Waals surface area (Å²) in [6, 6.07) is -20.9. The Morgan fingerprint density at radius 1 is 0.370 bits per heavy atom. The molecule has 127 heavy (non-hydrogen) atoms. The summed E-state index contributed by atoms with van der Waals surface area (Å²) in [4.78, 5) is 271. The number of nitrogens with one attached hydrogen (secondary N) is 16. The molecular weight excluding hydrogens is 1690 g/mol. The number of carboxylic acid groups (broad SMARTS) is 4. The number of hydrogen-bond donors (Lipinski definition) is 28. The molecule has 0 radical (unpaired) electrons. The lowest BCUT2D eigenvalue weighted by atomic mass is 9.95. The van der Waals surface area contributed by atoms with Gasteiger partial charge in [-0.2, -0.15) is 12.6 Å². The number of aliphatic carboxylic acids is 4. The van der Waals surface area contributed by atoms with Gasteiger partial charge in [-0.3, -0.25) is 96.5 Å². The van der Waals surface area contributed by atoms with Gasteiger partial charge in [-0.15, -0.1) is 0 Å². The molecule has 0 unspecified atom stereocenters. The van der Waals surface area contributed by atoms with Crippen LogP contribution in [0.3, 0.4) is 0 Å². The molecule has 0 aliphatic rings. The Morgan fingerprint density at radius 3 is 1.09 bits per heavy atom. The first-order chi connectivity index (χ1) is 59.2. The van der Waals surface area contributed by atoms with Crippen molar-refractivity contribution in [2.45, 2.75) is 289 Å². The van der Waals surface area contributed by atoms with Crippen LogP contribution in [0.25, 0.3) is 0 Å². The smallest absolute Gasteiger partial charge is 0.326 e. The average Bonchev–Trinajstić information content (AvgIpc) is 0.857. The van der Waals surface area contributed by atoms with E-state index in [4.69, 9.17) is 33.5 Å². The van der Waals surface area contributed by atoms with Crippen LogP contribution in [0.5, 0.6) is 5.75 Å². The number of aliphatic hydroxyl groups is 2. The molecule has 20 atom stereocenters. The molecule has 1 aromatic rings. The lowest BCUT2D eigenvalue weighted by molar-refractivity contribution is -0.144. The summed E-state index contributed by atoms with van der Waals surface area (Å²) in [5.41, 5.74) is 22.6. The number of aliphatic hydroxyl groups excluding tert-OH is 2. The van der Waals surface area contributed by atoms with Crippen molar-refractivity contribution in [1.29, 1.82) is 5.41 Å². The second-order valence-corrected chi connectivity index (χ2v) is 32.4. The van der Waals surface area contributed by atoms with Crippen LogP contribution in [-0.2, 0) is 102 Å². The second-order valence-electron chi connectivity index (χ2n) is 32.0. The van der Waals surface area contributed by atoms with Crippen LogP contribution in [0.4, 0.5) is 0 Å². The Kier molecular flexibility index (Phi) is 50.5. The summed E-state index contributed by atoms with van der Waals surface area (Å²) in [6.07, 6.45) is -10.4. The van der Waals surface area contributed by atoms with E-state index in [0.717, 1.165) is 13.8 Å². The minimum Gasteiger partial charge on any atom is -0.508 e. The summed E-state index contributed by atoms with van der Waals surface area (Å²) in [5, 5.41) is 114. The lowest BCUT2D eigenvalue weighted by Crippen LogP contribution is -2.64. The van der Waals surface area contributed by atoms with Gasteiger partial charge < -0.3 is 138 Å². The normalized spacial score (nSPS) is 15.9. The molecule has 47 nitrogen and oxygen atoms in total. The number of aromatic hydroxyl groups is 1. The molecular formula is C79H130N20O27S. The van der Waals surface area contributed by atoms with Crippen LogP contribution < -0.4 is 103 Å². The average molecular weight is 1820 g/mol. The molecule has 0 saturated heterocycles. The molecule has 0 aromatic heterocycles. The highest BCUT2D eigenvalue weighted by Gasteiger charge is 2.42. The van der Waals surface area contributed by atoms with Crippen molar-refractivity contribution in [2.24, 2.45) is 52.5 Å². The molecule has 0 aliphatic heterocycles. The van der Waals surface area contributed by atoms with E-state index < -0.39 is 321 Å². The first-order valence-electron chi connectivity index (χ1n) is 41.5. The predicted octanol–water partition coefficient (Wildman–Crippen LogP) is -6.34. The van der Waals surface area contributed by atoms with Crippen LogP contribution in [0.2, 0.25) is 0 Å². The van der Waals surface area contributed by atoms with Gasteiger partial charge in [0.05, 0.1) is 31.1 Å². The fourth-order valence-corrected chi connectivity index (χ4v) is 12.6. The molecule has 0 spiro atoms. The fourth-order valence-electron chi connectivity index (χ4n) is 12.3. The van der Waals surface area contributed by atoms with E-state index in [0.29, 0.717) is 12.8 Å². The van der Waals surface area contributed by atoms with Crippen molar-refractivity contribution in [3.8, 4) is 5.75 Å². The van der Waals surface area contributed by atoms with E-state index in [2.05, 4.69) is 92.4 Å². The fraction of sp³-hybridized carbons (Fsp3) is 0.658. The molecule has 0 aliphatic carbocycles. The number of hydrogen-bond acceptors (Lipinski definition) is 26. The van der Waals surface area contributed by atoms with Crippen LogP contribution in [0, 0.1) is 35.0 Å². The monoisotopic (exact) mass is 1820 g/mol. The maximum atomic E-state index is 14.8. The molecule has 0 heterocycles. The zero-order chi connectivity index (χ0) is 97.1. The quantitative estimate of drug-likeness (QED) is 0.0125. The molecule has 48 heteroatoms. The van der Waals surface area contributed by atoms with Gasteiger partial charge in [0.15, 0.2) is 5.96 Å². The minimum atomic E-state index is -2.16. The molecule has 714 valence electrons. The van der Waals surface area contributed by atoms with Crippen molar-refractivity contribution < 1.29 is 132 Å². The predicted molar refractivity (Wildman–Crippen MR) is 456 cm³/mol. The molecule has 1 aromatic carbocycles. The van der Waals surface area contributed by atoms with Crippen LogP contribution in [0.15, 0.2) is 24.3 Å². The van der Waals surface area contributed by atoms with Gasteiger partial charge >= 0.3 is 23.9 Å². The number of primary amides is 2. The highest BCUT2D eigenvalue weighted by Crippen LogP contribution is 2.19. The Morgan fingerprint density at radius 2 is 0.693 bits per heavy atom.